The van der Waals surface area contributed by atoms with Crippen LogP contribution in [0.5, 0.6) is 0 Å². The summed E-state index contributed by atoms with van der Waals surface area (Å²) in [6, 6.07) is 0. The first kappa shape index (κ1) is 17.2. The summed E-state index contributed by atoms with van der Waals surface area (Å²) in [7, 11) is 0. The highest BCUT2D eigenvalue weighted by atomic mass is 16.5. The normalized spacial score (nSPS) is 31.1. The van der Waals surface area contributed by atoms with Gasteiger partial charge in [0.05, 0.1) is 38.6 Å². The Hall–Kier alpha value is -0.200. The van der Waals surface area contributed by atoms with Crippen molar-refractivity contribution in [2.75, 3.05) is 39.6 Å². The van der Waals surface area contributed by atoms with Crippen LogP contribution in [0.2, 0.25) is 0 Å². The predicted octanol–water partition coefficient (Wildman–Crippen LogP) is 1.88. The Bertz CT molecular complexity index is 289. The van der Waals surface area contributed by atoms with Crippen LogP contribution in [-0.4, -0.2) is 57.4 Å². The second-order valence-corrected chi connectivity index (χ2v) is 6.20. The second-order valence-electron chi connectivity index (χ2n) is 6.20. The molecule has 5 nitrogen and oxygen atoms in total. The lowest BCUT2D eigenvalue weighted by molar-refractivity contribution is 0.00816. The predicted molar refractivity (Wildman–Crippen MR) is 81.4 cm³/mol. The average Bonchev–Trinajstić information content (AvgIpc) is 3.05. The lowest BCUT2D eigenvalue weighted by atomic mass is 9.80. The summed E-state index contributed by atoms with van der Waals surface area (Å²) < 4.78 is 22.3. The van der Waals surface area contributed by atoms with Gasteiger partial charge in [-0.3, -0.25) is 0 Å². The van der Waals surface area contributed by atoms with Crippen LogP contribution in [-0.2, 0) is 18.9 Å². The highest BCUT2D eigenvalue weighted by molar-refractivity contribution is 5.04. The first-order chi connectivity index (χ1) is 10.2. The third-order valence-electron chi connectivity index (χ3n) is 4.45. The molecule has 124 valence electrons. The van der Waals surface area contributed by atoms with Gasteiger partial charge in [0.25, 0.3) is 0 Å². The summed E-state index contributed by atoms with van der Waals surface area (Å²) in [5.41, 5.74) is 6.26. The Kier molecular flexibility index (Phi) is 7.40. The van der Waals surface area contributed by atoms with E-state index in [9.17, 15) is 0 Å². The standard InChI is InChI=1S/C16H31NO4/c1-2-3-7-18-9-11-20-12-10-19-8-6-16(17)13-14-4-5-15(16)21-14/h14-15H,2-13,17H2,1H3. The largest absolute Gasteiger partial charge is 0.379 e. The van der Waals surface area contributed by atoms with E-state index in [2.05, 4.69) is 6.92 Å². The fourth-order valence-electron chi connectivity index (χ4n) is 3.15. The fraction of sp³-hybridized carbons (Fsp3) is 1.00. The smallest absolute Gasteiger partial charge is 0.0761 e. The van der Waals surface area contributed by atoms with E-state index in [1.54, 1.807) is 0 Å². The van der Waals surface area contributed by atoms with Crippen LogP contribution in [0.25, 0.3) is 0 Å². The van der Waals surface area contributed by atoms with Gasteiger partial charge in [-0.25, -0.2) is 0 Å². The minimum Gasteiger partial charge on any atom is -0.379 e. The highest BCUT2D eigenvalue weighted by Crippen LogP contribution is 2.41. The molecule has 21 heavy (non-hydrogen) atoms. The summed E-state index contributed by atoms with van der Waals surface area (Å²) in [5, 5.41) is 0. The van der Waals surface area contributed by atoms with Crippen molar-refractivity contribution in [3.8, 4) is 0 Å². The van der Waals surface area contributed by atoms with E-state index >= 15 is 0 Å². The van der Waals surface area contributed by atoms with Gasteiger partial charge in [0.15, 0.2) is 0 Å². The summed E-state index contributed by atoms with van der Waals surface area (Å²) in [5.74, 6) is 0. The molecule has 2 bridgehead atoms. The van der Waals surface area contributed by atoms with E-state index in [0.717, 1.165) is 32.3 Å². The van der Waals surface area contributed by atoms with Crippen LogP contribution >= 0.6 is 0 Å². The van der Waals surface area contributed by atoms with Gasteiger partial charge in [-0.15, -0.1) is 0 Å². The molecule has 0 aromatic rings. The topological polar surface area (TPSA) is 62.9 Å². The van der Waals surface area contributed by atoms with E-state index in [4.69, 9.17) is 24.7 Å². The molecule has 2 heterocycles. The minimum atomic E-state index is -0.156. The third-order valence-corrected chi connectivity index (χ3v) is 4.45. The van der Waals surface area contributed by atoms with Crippen molar-refractivity contribution in [3.05, 3.63) is 0 Å². The summed E-state index contributed by atoms with van der Waals surface area (Å²) >= 11 is 0. The number of unbranched alkanes of at least 4 members (excludes halogenated alkanes) is 1. The first-order valence-electron chi connectivity index (χ1n) is 8.42. The molecule has 5 heteroatoms. The molecule has 3 unspecified atom stereocenters. The van der Waals surface area contributed by atoms with Crippen molar-refractivity contribution in [2.24, 2.45) is 5.73 Å². The molecule has 0 saturated carbocycles. The Labute approximate surface area is 128 Å². The molecule has 0 aromatic heterocycles. The maximum Gasteiger partial charge on any atom is 0.0761 e. The highest BCUT2D eigenvalue weighted by Gasteiger charge is 2.49. The maximum absolute atomic E-state index is 6.41. The van der Waals surface area contributed by atoms with Gasteiger partial charge >= 0.3 is 0 Å². The number of hydrogen-bond acceptors (Lipinski definition) is 5. The van der Waals surface area contributed by atoms with Gasteiger partial charge in [0, 0.05) is 18.8 Å². The van der Waals surface area contributed by atoms with Gasteiger partial charge in [-0.05, 0) is 32.1 Å². The third kappa shape index (κ3) is 5.49. The molecule has 0 radical (unpaired) electrons. The molecular formula is C16H31NO4. The molecule has 2 saturated heterocycles. The maximum atomic E-state index is 6.41. The van der Waals surface area contributed by atoms with Crippen molar-refractivity contribution < 1.29 is 18.9 Å². The molecule has 2 rings (SSSR count). The van der Waals surface area contributed by atoms with E-state index in [1.165, 1.54) is 12.8 Å². The van der Waals surface area contributed by atoms with Crippen molar-refractivity contribution in [2.45, 2.75) is 63.2 Å². The molecule has 2 aliphatic rings. The molecule has 2 aliphatic heterocycles. The monoisotopic (exact) mass is 301 g/mol. The summed E-state index contributed by atoms with van der Waals surface area (Å²) in [6.07, 6.45) is 7.11. The van der Waals surface area contributed by atoms with Gasteiger partial charge in [0.1, 0.15) is 0 Å². The molecule has 3 atom stereocenters. The summed E-state index contributed by atoms with van der Waals surface area (Å²) in [6.45, 7) is 6.25. The zero-order chi connectivity index (χ0) is 15.0. The van der Waals surface area contributed by atoms with Gasteiger partial charge in [-0.2, -0.15) is 0 Å². The van der Waals surface area contributed by atoms with E-state index in [-0.39, 0.29) is 11.6 Å². The van der Waals surface area contributed by atoms with Crippen LogP contribution < -0.4 is 5.73 Å². The van der Waals surface area contributed by atoms with E-state index < -0.39 is 0 Å². The zero-order valence-corrected chi connectivity index (χ0v) is 13.4. The molecule has 2 N–H and O–H groups in total. The quantitative estimate of drug-likeness (QED) is 0.558. The van der Waals surface area contributed by atoms with Gasteiger partial charge in [-0.1, -0.05) is 13.3 Å². The lowest BCUT2D eigenvalue weighted by Crippen LogP contribution is -2.49. The summed E-state index contributed by atoms with van der Waals surface area (Å²) in [4.78, 5) is 0. The fourth-order valence-corrected chi connectivity index (χ4v) is 3.15. The molecule has 2 fully saturated rings. The average molecular weight is 301 g/mol. The SMILES string of the molecule is CCCCOCCOCCOCCC1(N)CC2CCC1O2. The Morgan fingerprint density at radius 3 is 2.24 bits per heavy atom. The molecular weight excluding hydrogens is 270 g/mol. The van der Waals surface area contributed by atoms with Crippen LogP contribution in [0.15, 0.2) is 0 Å². The number of fused-ring (bicyclic) bond motifs is 2. The van der Waals surface area contributed by atoms with Crippen molar-refractivity contribution in [3.63, 3.8) is 0 Å². The van der Waals surface area contributed by atoms with E-state index in [1.807, 2.05) is 0 Å². The van der Waals surface area contributed by atoms with Crippen LogP contribution in [0.3, 0.4) is 0 Å². The molecule has 0 spiro atoms. The lowest BCUT2D eigenvalue weighted by Gasteiger charge is -2.30. The van der Waals surface area contributed by atoms with E-state index in [0.29, 0.717) is 39.1 Å². The van der Waals surface area contributed by atoms with Crippen molar-refractivity contribution in [1.29, 1.82) is 0 Å². The number of nitrogens with two attached hydrogens (primary N) is 1. The molecule has 0 aliphatic carbocycles. The van der Waals surface area contributed by atoms with Crippen molar-refractivity contribution in [1.82, 2.24) is 0 Å². The molecule has 0 aromatic carbocycles. The van der Waals surface area contributed by atoms with Crippen LogP contribution in [0.1, 0.15) is 45.4 Å². The van der Waals surface area contributed by atoms with Crippen LogP contribution in [0.4, 0.5) is 0 Å². The Morgan fingerprint density at radius 2 is 1.67 bits per heavy atom. The minimum absolute atomic E-state index is 0.156. The molecule has 0 amide bonds. The Balaban J connectivity index is 1.37. The van der Waals surface area contributed by atoms with Crippen molar-refractivity contribution >= 4 is 0 Å². The Morgan fingerprint density at radius 1 is 1.00 bits per heavy atom. The van der Waals surface area contributed by atoms with Gasteiger partial charge < -0.3 is 24.7 Å². The number of ether oxygens (including phenoxy) is 4. The first-order valence-corrected chi connectivity index (χ1v) is 8.42. The number of hydrogen-bond donors (Lipinski definition) is 1. The van der Waals surface area contributed by atoms with Crippen LogP contribution in [0, 0.1) is 0 Å². The van der Waals surface area contributed by atoms with Gasteiger partial charge in [0.2, 0.25) is 0 Å². The second kappa shape index (κ2) is 9.06. The zero-order valence-electron chi connectivity index (χ0n) is 13.4. The number of rotatable bonds is 12.